The van der Waals surface area contributed by atoms with Gasteiger partial charge in [-0.05, 0) is 17.7 Å². The summed E-state index contributed by atoms with van der Waals surface area (Å²) in [4.78, 5) is 22.2. The fourth-order valence-electron chi connectivity index (χ4n) is 2.26. The average molecular weight is 366 g/mol. The SMILES string of the molecule is CC(=O)N1CC(Oc2nccc(NCc3ccccc3S)n2)C1.O.O. The van der Waals surface area contributed by atoms with E-state index in [9.17, 15) is 4.79 Å². The maximum absolute atomic E-state index is 11.1. The first-order valence-electron chi connectivity index (χ1n) is 7.38. The molecule has 3 rings (SSSR count). The van der Waals surface area contributed by atoms with Crippen molar-refractivity contribution in [2.75, 3.05) is 18.4 Å². The molecule has 1 aliphatic rings. The monoisotopic (exact) mass is 366 g/mol. The van der Waals surface area contributed by atoms with Crippen molar-refractivity contribution in [1.29, 1.82) is 0 Å². The van der Waals surface area contributed by atoms with Crippen molar-refractivity contribution in [3.8, 4) is 6.01 Å². The van der Waals surface area contributed by atoms with Gasteiger partial charge in [-0.1, -0.05) is 18.2 Å². The van der Waals surface area contributed by atoms with Crippen molar-refractivity contribution in [1.82, 2.24) is 14.9 Å². The molecule has 2 aromatic rings. The lowest BCUT2D eigenvalue weighted by molar-refractivity contribution is -0.137. The normalized spacial score (nSPS) is 13.1. The molecule has 0 unspecified atom stereocenters. The Hall–Kier alpha value is -2.36. The van der Waals surface area contributed by atoms with Crippen molar-refractivity contribution in [3.05, 3.63) is 42.1 Å². The van der Waals surface area contributed by atoms with E-state index >= 15 is 0 Å². The predicted octanol–water partition coefficient (Wildman–Crippen LogP) is 0.337. The zero-order chi connectivity index (χ0) is 16.2. The van der Waals surface area contributed by atoms with Crippen molar-refractivity contribution < 1.29 is 20.5 Å². The van der Waals surface area contributed by atoms with Crippen LogP contribution in [0, 0.1) is 0 Å². The van der Waals surface area contributed by atoms with Gasteiger partial charge in [0.15, 0.2) is 0 Å². The fourth-order valence-corrected chi connectivity index (χ4v) is 2.50. The molecule has 5 N–H and O–H groups in total. The molecule has 0 aliphatic carbocycles. The number of carbonyl (C=O) groups is 1. The molecule has 1 aliphatic heterocycles. The third-order valence-corrected chi connectivity index (χ3v) is 4.09. The van der Waals surface area contributed by atoms with Gasteiger partial charge in [0.05, 0.1) is 13.1 Å². The van der Waals surface area contributed by atoms with Gasteiger partial charge < -0.3 is 25.9 Å². The number of nitrogens with zero attached hydrogens (tertiary/aromatic N) is 3. The number of carbonyl (C=O) groups excluding carboxylic acids is 1. The van der Waals surface area contributed by atoms with Crippen LogP contribution in [-0.4, -0.2) is 50.9 Å². The number of rotatable bonds is 5. The topological polar surface area (TPSA) is 130 Å². The van der Waals surface area contributed by atoms with Gasteiger partial charge in [-0.3, -0.25) is 4.79 Å². The molecule has 9 heteroatoms. The smallest absolute Gasteiger partial charge is 0.318 e. The second-order valence-electron chi connectivity index (χ2n) is 5.37. The molecule has 1 fully saturated rings. The third-order valence-electron chi connectivity index (χ3n) is 3.65. The summed E-state index contributed by atoms with van der Waals surface area (Å²) in [6.07, 6.45) is 1.62. The lowest BCUT2D eigenvalue weighted by Crippen LogP contribution is -2.55. The maximum atomic E-state index is 11.1. The standard InChI is InChI=1S/C16H18N4O2S.2H2O/c1-11(21)20-9-13(10-20)22-16-17-7-6-15(19-16)18-8-12-4-2-3-5-14(12)23;;/h2-7,13,23H,8-10H2,1H3,(H,17,18,19);2*1H2. The first-order chi connectivity index (χ1) is 11.1. The number of hydrogen-bond donors (Lipinski definition) is 2. The summed E-state index contributed by atoms with van der Waals surface area (Å²) in [7, 11) is 0. The Morgan fingerprint density at radius 1 is 1.32 bits per heavy atom. The summed E-state index contributed by atoms with van der Waals surface area (Å²) >= 11 is 4.43. The quantitative estimate of drug-likeness (QED) is 0.737. The van der Waals surface area contributed by atoms with E-state index in [0.717, 1.165) is 10.5 Å². The number of likely N-dealkylation sites (tertiary alicyclic amines) is 1. The summed E-state index contributed by atoms with van der Waals surface area (Å²) in [6, 6.07) is 10.00. The Bertz CT molecular complexity index is 710. The van der Waals surface area contributed by atoms with E-state index in [2.05, 4.69) is 27.9 Å². The maximum Gasteiger partial charge on any atom is 0.318 e. The summed E-state index contributed by atoms with van der Waals surface area (Å²) in [5.41, 5.74) is 1.09. The molecule has 0 atom stereocenters. The number of benzene rings is 1. The molecule has 1 aromatic carbocycles. The summed E-state index contributed by atoms with van der Waals surface area (Å²) in [5, 5.41) is 3.23. The third kappa shape index (κ3) is 5.31. The number of aromatic nitrogens is 2. The molecule has 0 spiro atoms. The highest BCUT2D eigenvalue weighted by Crippen LogP contribution is 2.17. The number of hydrogen-bond acceptors (Lipinski definition) is 6. The van der Waals surface area contributed by atoms with Crippen LogP contribution in [0.2, 0.25) is 0 Å². The lowest BCUT2D eigenvalue weighted by Gasteiger charge is -2.37. The Kier molecular flexibility index (Phi) is 7.62. The zero-order valence-electron chi connectivity index (χ0n) is 13.8. The molecular formula is C16H22N4O4S. The van der Waals surface area contributed by atoms with Crippen molar-refractivity contribution in [2.24, 2.45) is 0 Å². The van der Waals surface area contributed by atoms with Gasteiger partial charge in [-0.2, -0.15) is 4.98 Å². The molecule has 0 radical (unpaired) electrons. The predicted molar refractivity (Wildman–Crippen MR) is 97.0 cm³/mol. The minimum Gasteiger partial charge on any atom is -0.456 e. The van der Waals surface area contributed by atoms with Crippen LogP contribution >= 0.6 is 12.6 Å². The molecule has 25 heavy (non-hydrogen) atoms. The van der Waals surface area contributed by atoms with Crippen molar-refractivity contribution >= 4 is 24.4 Å². The lowest BCUT2D eigenvalue weighted by atomic mass is 10.2. The Morgan fingerprint density at radius 3 is 2.72 bits per heavy atom. The van der Waals surface area contributed by atoms with Gasteiger partial charge in [-0.15, -0.1) is 12.6 Å². The summed E-state index contributed by atoms with van der Waals surface area (Å²) < 4.78 is 5.68. The molecule has 0 saturated carbocycles. The van der Waals surface area contributed by atoms with E-state index in [4.69, 9.17) is 4.74 Å². The van der Waals surface area contributed by atoms with Crippen LogP contribution in [0.15, 0.2) is 41.4 Å². The van der Waals surface area contributed by atoms with Crippen molar-refractivity contribution in [2.45, 2.75) is 24.5 Å². The van der Waals surface area contributed by atoms with Gasteiger partial charge in [0.25, 0.3) is 0 Å². The van der Waals surface area contributed by atoms with Crippen molar-refractivity contribution in [3.63, 3.8) is 0 Å². The fraction of sp³-hybridized carbons (Fsp3) is 0.312. The van der Waals surface area contributed by atoms with E-state index in [1.807, 2.05) is 24.3 Å². The Balaban J connectivity index is 0.00000156. The highest BCUT2D eigenvalue weighted by atomic mass is 32.1. The van der Waals surface area contributed by atoms with E-state index in [-0.39, 0.29) is 23.0 Å². The van der Waals surface area contributed by atoms with Crippen LogP contribution in [0.4, 0.5) is 5.82 Å². The van der Waals surface area contributed by atoms with Gasteiger partial charge in [-0.25, -0.2) is 4.98 Å². The summed E-state index contributed by atoms with van der Waals surface area (Å²) in [5.74, 6) is 0.751. The first kappa shape index (κ1) is 20.7. The second kappa shape index (κ2) is 9.21. The number of nitrogens with one attached hydrogen (secondary N) is 1. The average Bonchev–Trinajstić information content (AvgIpc) is 2.50. The van der Waals surface area contributed by atoms with Gasteiger partial charge >= 0.3 is 6.01 Å². The van der Waals surface area contributed by atoms with E-state index in [0.29, 0.717) is 31.5 Å². The minimum absolute atomic E-state index is 0. The second-order valence-corrected chi connectivity index (χ2v) is 5.85. The minimum atomic E-state index is -0.0349. The molecular weight excluding hydrogens is 344 g/mol. The molecule has 8 nitrogen and oxygen atoms in total. The Morgan fingerprint density at radius 2 is 2.04 bits per heavy atom. The molecule has 1 amide bonds. The zero-order valence-corrected chi connectivity index (χ0v) is 14.7. The summed E-state index contributed by atoms with van der Waals surface area (Å²) in [6.45, 7) is 3.35. The first-order valence-corrected chi connectivity index (χ1v) is 7.82. The van der Waals surface area contributed by atoms with Crippen LogP contribution < -0.4 is 10.1 Å². The Labute approximate surface area is 151 Å². The molecule has 2 heterocycles. The van der Waals surface area contributed by atoms with Gasteiger partial charge in [0, 0.05) is 24.6 Å². The number of thiol groups is 1. The molecule has 136 valence electrons. The van der Waals surface area contributed by atoms with Crippen LogP contribution in [0.5, 0.6) is 6.01 Å². The van der Waals surface area contributed by atoms with Gasteiger partial charge in [0.2, 0.25) is 5.91 Å². The van der Waals surface area contributed by atoms with Crippen LogP contribution in [0.3, 0.4) is 0 Å². The number of amides is 1. The van der Waals surface area contributed by atoms with E-state index in [1.165, 1.54) is 0 Å². The van der Waals surface area contributed by atoms with E-state index < -0.39 is 0 Å². The van der Waals surface area contributed by atoms with E-state index in [1.54, 1.807) is 24.1 Å². The van der Waals surface area contributed by atoms with Crippen LogP contribution in [-0.2, 0) is 11.3 Å². The van der Waals surface area contributed by atoms with Crippen LogP contribution in [0.25, 0.3) is 0 Å². The number of ether oxygens (including phenoxy) is 1. The highest BCUT2D eigenvalue weighted by molar-refractivity contribution is 7.80. The molecule has 0 bridgehead atoms. The number of anilines is 1. The molecule has 1 saturated heterocycles. The largest absolute Gasteiger partial charge is 0.456 e. The highest BCUT2D eigenvalue weighted by Gasteiger charge is 2.30. The van der Waals surface area contributed by atoms with Crippen LogP contribution in [0.1, 0.15) is 12.5 Å². The molecule has 1 aromatic heterocycles. The van der Waals surface area contributed by atoms with Gasteiger partial charge in [0.1, 0.15) is 11.9 Å².